The zero-order chi connectivity index (χ0) is 25.7. The van der Waals surface area contributed by atoms with Crippen molar-refractivity contribution < 1.29 is 78.9 Å². The third-order valence-corrected chi connectivity index (χ3v) is 11.1. The Hall–Kier alpha value is -0.260. The van der Waals surface area contributed by atoms with Gasteiger partial charge in [-0.25, -0.2) is 0 Å². The van der Waals surface area contributed by atoms with Gasteiger partial charge in [-0.05, 0) is 73.2 Å². The van der Waals surface area contributed by atoms with Crippen LogP contribution in [0.2, 0.25) is 0 Å². The van der Waals surface area contributed by atoms with E-state index in [-0.39, 0.29) is 68.9 Å². The van der Waals surface area contributed by atoms with Crippen molar-refractivity contribution in [2.45, 2.75) is 65.2 Å². The van der Waals surface area contributed by atoms with E-state index in [4.69, 9.17) is 0 Å². The third-order valence-electron chi connectivity index (χ3n) is 6.02. The molecule has 0 aliphatic carbocycles. The normalized spacial score (nSPS) is 10.7. The van der Waals surface area contributed by atoms with E-state index in [9.17, 15) is 19.8 Å². The van der Waals surface area contributed by atoms with Crippen LogP contribution < -0.4 is 69.3 Å². The van der Waals surface area contributed by atoms with Crippen LogP contribution in [-0.4, -0.2) is 11.9 Å². The zero-order valence-corrected chi connectivity index (χ0v) is 29.7. The molecule has 38 heavy (non-hydrogen) atoms. The molecule has 190 valence electrons. The Bertz CT molecular complexity index is 1250. The number of carbonyl (C=O) groups excluding carboxylic acids is 2. The smallest absolute Gasteiger partial charge is 0.544 e. The van der Waals surface area contributed by atoms with Gasteiger partial charge in [-0.15, -0.1) is 45.3 Å². The first-order valence-electron chi connectivity index (χ1n) is 12.3. The number of unbranched alkanes of at least 4 members (excludes halogenated alkanes) is 4. The molecule has 0 aliphatic heterocycles. The molecule has 4 heterocycles. The first kappa shape index (κ1) is 33.9. The maximum Gasteiger partial charge on any atom is 1.00 e. The molecule has 0 atom stereocenters. The molecule has 0 fully saturated rings. The Morgan fingerprint density at radius 2 is 1.00 bits per heavy atom. The molecule has 4 aromatic heterocycles. The van der Waals surface area contributed by atoms with Gasteiger partial charge >= 0.3 is 59.1 Å². The van der Waals surface area contributed by atoms with Gasteiger partial charge in [0.2, 0.25) is 0 Å². The minimum absolute atomic E-state index is 0. The van der Waals surface area contributed by atoms with Gasteiger partial charge in [0, 0.05) is 29.3 Å². The van der Waals surface area contributed by atoms with Crippen molar-refractivity contribution in [2.24, 2.45) is 0 Å². The maximum atomic E-state index is 11.3. The van der Waals surface area contributed by atoms with Crippen LogP contribution in [0.4, 0.5) is 0 Å². The number of rotatable bonds is 13. The fourth-order valence-corrected chi connectivity index (χ4v) is 8.61. The summed E-state index contributed by atoms with van der Waals surface area (Å²) in [5.74, 6) is -2.28. The number of hydrogen-bond donors (Lipinski definition) is 0. The Morgan fingerprint density at radius 3 is 1.32 bits per heavy atom. The van der Waals surface area contributed by atoms with E-state index in [2.05, 4.69) is 26.0 Å². The second kappa shape index (κ2) is 16.2. The maximum absolute atomic E-state index is 11.3. The first-order chi connectivity index (χ1) is 17.4. The fourth-order valence-electron chi connectivity index (χ4n) is 4.15. The molecule has 0 bridgehead atoms. The summed E-state index contributed by atoms with van der Waals surface area (Å²) >= 11 is 5.98. The summed E-state index contributed by atoms with van der Waals surface area (Å²) in [6, 6.07) is 11.4. The molecule has 0 spiro atoms. The number of carboxylic acids is 2. The Morgan fingerprint density at radius 1 is 0.605 bits per heavy atom. The summed E-state index contributed by atoms with van der Waals surface area (Å²) in [6.45, 7) is 4.40. The van der Waals surface area contributed by atoms with E-state index in [1.165, 1.54) is 56.4 Å². The molecular formula is C28H28Na2O4S4. The van der Waals surface area contributed by atoms with Gasteiger partial charge in [0.15, 0.2) is 0 Å². The summed E-state index contributed by atoms with van der Waals surface area (Å²) in [4.78, 5) is 29.7. The average molecular weight is 603 g/mol. The van der Waals surface area contributed by atoms with E-state index in [1.54, 1.807) is 34.8 Å². The van der Waals surface area contributed by atoms with E-state index < -0.39 is 11.9 Å². The number of hydrogen-bond acceptors (Lipinski definition) is 8. The van der Waals surface area contributed by atoms with E-state index in [0.29, 0.717) is 0 Å². The van der Waals surface area contributed by atoms with Crippen molar-refractivity contribution in [3.8, 4) is 29.3 Å². The summed E-state index contributed by atoms with van der Waals surface area (Å²) in [6.07, 6.45) is 8.81. The monoisotopic (exact) mass is 602 g/mol. The van der Waals surface area contributed by atoms with Gasteiger partial charge in [0.05, 0.1) is 21.7 Å². The molecule has 0 saturated heterocycles. The second-order valence-electron chi connectivity index (χ2n) is 8.75. The fraction of sp³-hybridized carbons (Fsp3) is 0.357. The average Bonchev–Trinajstić information content (AvgIpc) is 3.64. The van der Waals surface area contributed by atoms with Crippen LogP contribution in [0.5, 0.6) is 0 Å². The van der Waals surface area contributed by atoms with E-state index >= 15 is 0 Å². The van der Waals surface area contributed by atoms with E-state index in [1.807, 2.05) is 12.1 Å². The minimum atomic E-state index is -1.14. The molecule has 10 heteroatoms. The number of thiophene rings is 4. The predicted octanol–water partition coefficient (Wildman–Crippen LogP) is 1.13. The largest absolute Gasteiger partial charge is 1.00 e. The Kier molecular flexibility index (Phi) is 14.5. The molecule has 4 aromatic rings. The molecule has 0 radical (unpaired) electrons. The number of carbonyl (C=O) groups is 2. The molecule has 4 rings (SSSR count). The van der Waals surface area contributed by atoms with Crippen LogP contribution in [0.25, 0.3) is 29.3 Å². The zero-order valence-electron chi connectivity index (χ0n) is 22.4. The molecular weight excluding hydrogens is 575 g/mol. The molecule has 0 saturated carbocycles. The van der Waals surface area contributed by atoms with Crippen LogP contribution in [0.15, 0.2) is 36.4 Å². The van der Waals surface area contributed by atoms with Crippen molar-refractivity contribution in [1.29, 1.82) is 0 Å². The van der Waals surface area contributed by atoms with Gasteiger partial charge in [-0.1, -0.05) is 39.5 Å². The van der Waals surface area contributed by atoms with Crippen LogP contribution >= 0.6 is 45.3 Å². The number of carboxylic acid groups (broad SMARTS) is 2. The summed E-state index contributed by atoms with van der Waals surface area (Å²) in [7, 11) is 0. The molecule has 4 nitrogen and oxygen atoms in total. The SMILES string of the molecule is CCCCCc1cc(-c2ccc(C(=O)[O-])s2)sc1-c1sc(-c2ccc(C(=O)[O-])s2)cc1CCCCC.[Na+].[Na+]. The first-order valence-corrected chi connectivity index (χ1v) is 15.6. The van der Waals surface area contributed by atoms with Crippen molar-refractivity contribution in [2.75, 3.05) is 0 Å². The molecule has 0 unspecified atom stereocenters. The molecule has 0 aromatic carbocycles. The van der Waals surface area contributed by atoms with Crippen molar-refractivity contribution >= 4 is 57.3 Å². The predicted molar refractivity (Wildman–Crippen MR) is 149 cm³/mol. The van der Waals surface area contributed by atoms with Crippen molar-refractivity contribution in [1.82, 2.24) is 0 Å². The Labute approximate surface area is 284 Å². The van der Waals surface area contributed by atoms with Gasteiger partial charge < -0.3 is 19.8 Å². The van der Waals surface area contributed by atoms with Gasteiger partial charge in [0.25, 0.3) is 0 Å². The van der Waals surface area contributed by atoms with Crippen molar-refractivity contribution in [3.63, 3.8) is 0 Å². The Balaban J connectivity index is 0.00000253. The summed E-state index contributed by atoms with van der Waals surface area (Å²) in [5.41, 5.74) is 2.61. The van der Waals surface area contributed by atoms with Crippen LogP contribution in [0.3, 0.4) is 0 Å². The van der Waals surface area contributed by atoms with Crippen LogP contribution in [-0.2, 0) is 12.8 Å². The summed E-state index contributed by atoms with van der Waals surface area (Å²) < 4.78 is 0. The number of aryl methyl sites for hydroxylation is 2. The standard InChI is InChI=1S/C28H30O4S4.2Na/c1-3-5-7-9-17-15-23(19-11-13-21(33-19)27(29)30)35-25(17)26-18(10-8-6-4-2)16-24(36-26)20-12-14-22(34-20)28(31)32;;/h11-16H,3-10H2,1-2H3,(H,29,30)(H,31,32);;/q;2*+1/p-2. The number of aromatic carboxylic acids is 2. The topological polar surface area (TPSA) is 80.3 Å². The molecule has 0 N–H and O–H groups in total. The minimum Gasteiger partial charge on any atom is -0.544 e. The quantitative estimate of drug-likeness (QED) is 0.170. The van der Waals surface area contributed by atoms with Crippen LogP contribution in [0.1, 0.15) is 82.8 Å². The molecule has 0 amide bonds. The summed E-state index contributed by atoms with van der Waals surface area (Å²) in [5, 5.41) is 22.7. The van der Waals surface area contributed by atoms with Crippen LogP contribution in [0, 0.1) is 0 Å². The van der Waals surface area contributed by atoms with Crippen molar-refractivity contribution in [3.05, 3.63) is 57.3 Å². The van der Waals surface area contributed by atoms with E-state index in [0.717, 1.165) is 58.0 Å². The van der Waals surface area contributed by atoms with Gasteiger partial charge in [0.1, 0.15) is 0 Å². The second-order valence-corrected chi connectivity index (χ2v) is 13.0. The van der Waals surface area contributed by atoms with Gasteiger partial charge in [-0.3, -0.25) is 0 Å². The van der Waals surface area contributed by atoms with Gasteiger partial charge in [-0.2, -0.15) is 0 Å². The third kappa shape index (κ3) is 8.38. The molecule has 0 aliphatic rings.